The number of unbranched alkanes of at least 4 members (excludes halogenated alkanes) is 6. The van der Waals surface area contributed by atoms with Crippen LogP contribution in [0.3, 0.4) is 0 Å². The average molecular weight is 913 g/mol. The van der Waals surface area contributed by atoms with Crippen LogP contribution in [0.5, 0.6) is 0 Å². The number of fused-ring (bicyclic) bond motifs is 2. The Morgan fingerprint density at radius 3 is 1.67 bits per heavy atom. The monoisotopic (exact) mass is 913 g/mol. The maximum absolute atomic E-state index is 12.5. The third-order valence-corrected chi connectivity index (χ3v) is 13.1. The van der Waals surface area contributed by atoms with Crippen LogP contribution in [0, 0.1) is 23.7 Å². The van der Waals surface area contributed by atoms with E-state index in [2.05, 4.69) is 29.8 Å². The minimum absolute atomic E-state index is 0.0591. The van der Waals surface area contributed by atoms with E-state index in [4.69, 9.17) is 24.0 Å². The lowest BCUT2D eigenvalue weighted by Crippen LogP contribution is -2.70. The molecule has 20 heteroatoms. The van der Waals surface area contributed by atoms with Gasteiger partial charge in [0, 0.05) is 96.6 Å². The van der Waals surface area contributed by atoms with Crippen LogP contribution in [0.1, 0.15) is 150 Å². The molecule has 5 fully saturated rings. The van der Waals surface area contributed by atoms with Gasteiger partial charge >= 0.3 is 0 Å². The molecule has 0 aromatic carbocycles. The highest BCUT2D eigenvalue weighted by Gasteiger charge is 2.69. The van der Waals surface area contributed by atoms with Gasteiger partial charge in [-0.05, 0) is 102 Å². The Bertz CT molecular complexity index is 1530. The van der Waals surface area contributed by atoms with Crippen molar-refractivity contribution in [3.05, 3.63) is 0 Å². The molecule has 0 aromatic rings. The molecule has 0 radical (unpaired) electrons. The summed E-state index contributed by atoms with van der Waals surface area (Å²) in [6.45, 7) is 9.62. The van der Waals surface area contributed by atoms with Crippen molar-refractivity contribution in [2.75, 3.05) is 45.9 Å². The van der Waals surface area contributed by atoms with Gasteiger partial charge in [0.1, 0.15) is 0 Å². The lowest BCUT2D eigenvalue weighted by Gasteiger charge is -2.60. The first-order valence-electron chi connectivity index (χ1n) is 23.6. The van der Waals surface area contributed by atoms with Gasteiger partial charge in [0.05, 0.1) is 6.61 Å². The summed E-state index contributed by atoms with van der Waals surface area (Å²) in [6, 6.07) is 0. The molecule has 20 nitrogen and oxygen atoms in total. The predicted molar refractivity (Wildman–Crippen MR) is 227 cm³/mol. The Balaban J connectivity index is 0.933. The van der Waals surface area contributed by atoms with Gasteiger partial charge in [-0.2, -0.15) is 0 Å². The summed E-state index contributed by atoms with van der Waals surface area (Å²) in [5.41, 5.74) is -0.638. The number of hydroxylamine groups is 6. The molecular weight excluding hydrogens is 837 g/mol. The van der Waals surface area contributed by atoms with Crippen LogP contribution in [0.4, 0.5) is 0 Å². The topological polar surface area (TPSA) is 255 Å². The molecule has 8 atom stereocenters. The van der Waals surface area contributed by atoms with E-state index in [0.29, 0.717) is 118 Å². The Hall–Kier alpha value is -3.50. The number of carbonyl (C=O) groups is 6. The van der Waals surface area contributed by atoms with Crippen LogP contribution in [0.15, 0.2) is 0 Å². The maximum Gasteiger partial charge on any atom is 0.246 e. The SMILES string of the molecule is CC(=O)N(O)CCCCCNC(=O)CCC(=O)N(O)CCCCCNC(=O)CCC(=O)N(O)CCCCCNC(=O)CCCOC1O[C@@H]2O[C@@]3(C)CC[C@H]4[C@H](C)CC[C@@H]([C@H]1C)[C@@]24OO3. The van der Waals surface area contributed by atoms with Gasteiger partial charge < -0.3 is 30.2 Å². The summed E-state index contributed by atoms with van der Waals surface area (Å²) in [5.74, 6) is -2.09. The Kier molecular flexibility index (Phi) is 22.1. The van der Waals surface area contributed by atoms with Crippen molar-refractivity contribution in [1.29, 1.82) is 0 Å². The van der Waals surface area contributed by atoms with Gasteiger partial charge in [-0.1, -0.05) is 13.8 Å². The lowest BCUT2D eigenvalue weighted by atomic mass is 9.58. The summed E-state index contributed by atoms with van der Waals surface area (Å²) in [7, 11) is 0. The van der Waals surface area contributed by atoms with Crippen molar-refractivity contribution >= 4 is 35.4 Å². The number of hydrogen-bond donors (Lipinski definition) is 6. The van der Waals surface area contributed by atoms with Crippen LogP contribution in [-0.2, 0) is 52.8 Å². The first-order chi connectivity index (χ1) is 30.6. The van der Waals surface area contributed by atoms with Gasteiger partial charge in [0.15, 0.2) is 18.2 Å². The average Bonchev–Trinajstić information content (AvgIpc) is 3.50. The normalized spacial score (nSPS) is 26.9. The summed E-state index contributed by atoms with van der Waals surface area (Å²) in [4.78, 5) is 84.2. The fourth-order valence-corrected chi connectivity index (χ4v) is 9.24. The number of nitrogens with one attached hydrogen (secondary N) is 3. The molecule has 6 N–H and O–H groups in total. The molecular formula is C44H76N6O14. The van der Waals surface area contributed by atoms with E-state index in [0.717, 1.165) is 25.7 Å². The van der Waals surface area contributed by atoms with Crippen molar-refractivity contribution < 1.29 is 68.4 Å². The van der Waals surface area contributed by atoms with Gasteiger partial charge in [-0.15, -0.1) is 0 Å². The Morgan fingerprint density at radius 2 is 1.14 bits per heavy atom. The molecule has 1 spiro atoms. The third kappa shape index (κ3) is 16.1. The van der Waals surface area contributed by atoms with Crippen LogP contribution in [-0.4, -0.2) is 136 Å². The molecule has 366 valence electrons. The van der Waals surface area contributed by atoms with Crippen LogP contribution >= 0.6 is 0 Å². The van der Waals surface area contributed by atoms with Gasteiger partial charge in [0.2, 0.25) is 41.2 Å². The Morgan fingerprint density at radius 1 is 0.625 bits per heavy atom. The maximum atomic E-state index is 12.5. The second kappa shape index (κ2) is 26.6. The second-order valence-corrected chi connectivity index (χ2v) is 18.2. The summed E-state index contributed by atoms with van der Waals surface area (Å²) in [6.07, 6.45) is 8.76. The fraction of sp³-hybridized carbons (Fsp3) is 0.864. The van der Waals surface area contributed by atoms with E-state index in [1.165, 1.54) is 6.92 Å². The zero-order valence-electron chi connectivity index (χ0n) is 38.5. The number of ether oxygens (including phenoxy) is 3. The van der Waals surface area contributed by atoms with E-state index >= 15 is 0 Å². The molecule has 2 bridgehead atoms. The largest absolute Gasteiger partial charge is 0.356 e. The molecule has 4 aliphatic heterocycles. The van der Waals surface area contributed by atoms with E-state index in [-0.39, 0.29) is 80.8 Å². The zero-order chi connectivity index (χ0) is 46.7. The first kappa shape index (κ1) is 53.1. The summed E-state index contributed by atoms with van der Waals surface area (Å²) in [5, 5.41) is 39.7. The van der Waals surface area contributed by atoms with Gasteiger partial charge in [-0.25, -0.2) is 25.0 Å². The highest BCUT2D eigenvalue weighted by Crippen LogP contribution is 2.60. The van der Waals surface area contributed by atoms with Crippen molar-refractivity contribution in [3.8, 4) is 0 Å². The number of amides is 6. The van der Waals surface area contributed by atoms with E-state index in [1.807, 2.05) is 6.92 Å². The highest BCUT2D eigenvalue weighted by molar-refractivity contribution is 5.83. The van der Waals surface area contributed by atoms with E-state index in [1.54, 1.807) is 0 Å². The van der Waals surface area contributed by atoms with Crippen LogP contribution < -0.4 is 16.0 Å². The molecule has 4 heterocycles. The van der Waals surface area contributed by atoms with Crippen molar-refractivity contribution in [2.45, 2.75) is 174 Å². The third-order valence-electron chi connectivity index (χ3n) is 13.1. The van der Waals surface area contributed by atoms with Crippen LogP contribution in [0.2, 0.25) is 0 Å². The molecule has 1 aliphatic carbocycles. The van der Waals surface area contributed by atoms with Gasteiger partial charge in [-0.3, -0.25) is 44.4 Å². The number of carbonyl (C=O) groups excluding carboxylic acids is 6. The molecule has 6 amide bonds. The molecule has 64 heavy (non-hydrogen) atoms. The highest BCUT2D eigenvalue weighted by atomic mass is 17.3. The molecule has 5 aliphatic rings. The molecule has 1 unspecified atom stereocenters. The lowest BCUT2D eigenvalue weighted by molar-refractivity contribution is -0.577. The quantitative estimate of drug-likeness (QED) is 0.0268. The summed E-state index contributed by atoms with van der Waals surface area (Å²) >= 11 is 0. The van der Waals surface area contributed by atoms with E-state index in [9.17, 15) is 44.4 Å². The molecule has 4 saturated heterocycles. The number of hydrogen-bond acceptors (Lipinski definition) is 14. The van der Waals surface area contributed by atoms with Crippen LogP contribution in [0.25, 0.3) is 0 Å². The van der Waals surface area contributed by atoms with Crippen molar-refractivity contribution in [1.82, 2.24) is 31.1 Å². The first-order valence-corrected chi connectivity index (χ1v) is 23.6. The summed E-state index contributed by atoms with van der Waals surface area (Å²) < 4.78 is 19.0. The molecule has 0 aromatic heterocycles. The fourth-order valence-electron chi connectivity index (χ4n) is 9.24. The Labute approximate surface area is 377 Å². The second-order valence-electron chi connectivity index (χ2n) is 18.2. The molecule has 1 saturated carbocycles. The minimum atomic E-state index is -0.846. The van der Waals surface area contributed by atoms with E-state index < -0.39 is 41.7 Å². The molecule has 5 rings (SSSR count). The minimum Gasteiger partial charge on any atom is -0.356 e. The smallest absolute Gasteiger partial charge is 0.246 e. The zero-order valence-corrected chi connectivity index (χ0v) is 38.5. The standard InChI is InChI=1S/C44H76N6O14/c1-31-16-17-35-32(2)41(61-42-44(35)34(31)22-23-43(4,62-42)63-64-44)60-30-14-15-36(52)45-24-9-6-12-28-49(58)39(55)21-19-38(54)47-26-10-7-13-29-50(59)40(56)20-18-37(53)46-25-8-5-11-27-48(57)33(3)51/h31-32,34-35,41-42,57-59H,5-30H2,1-4H3,(H,45,52)(H,46,53)(H,47,54)/t31-,32-,34+,35+,41?,42-,43-,44-/m1/s1. The van der Waals surface area contributed by atoms with Gasteiger partial charge in [0.25, 0.3) is 0 Å². The number of nitrogens with zero attached hydrogens (tertiary/aromatic N) is 3. The predicted octanol–water partition coefficient (Wildman–Crippen LogP) is 4.08. The van der Waals surface area contributed by atoms with Crippen molar-refractivity contribution in [2.24, 2.45) is 23.7 Å². The number of rotatable bonds is 29. The van der Waals surface area contributed by atoms with Crippen molar-refractivity contribution in [3.63, 3.8) is 0 Å².